The summed E-state index contributed by atoms with van der Waals surface area (Å²) in [5.41, 5.74) is 3.21. The predicted octanol–water partition coefficient (Wildman–Crippen LogP) is 4.64. The number of anilines is 1. The number of oxazole rings is 1. The molecule has 0 radical (unpaired) electrons. The number of rotatable bonds is 3. The van der Waals surface area contributed by atoms with E-state index in [2.05, 4.69) is 41.5 Å². The second-order valence-electron chi connectivity index (χ2n) is 5.93. The van der Waals surface area contributed by atoms with Gasteiger partial charge >= 0.3 is 0 Å². The van der Waals surface area contributed by atoms with Gasteiger partial charge in [-0.15, -0.1) is 0 Å². The second-order valence-corrected chi connectivity index (χ2v) is 5.93. The maximum atomic E-state index is 5.25. The average Bonchev–Trinajstić information content (AvgIpc) is 2.89. The Hall–Kier alpha value is -1.77. The summed E-state index contributed by atoms with van der Waals surface area (Å²) in [6, 6.07) is 9.11. The van der Waals surface area contributed by atoms with Crippen LogP contribution in [0.2, 0.25) is 0 Å². The molecular weight excluding hydrogens is 248 g/mol. The molecule has 0 bridgehead atoms. The molecule has 1 aliphatic carbocycles. The first-order valence-corrected chi connectivity index (χ1v) is 7.50. The molecule has 0 saturated heterocycles. The highest BCUT2D eigenvalue weighted by atomic mass is 16.3. The highest BCUT2D eigenvalue weighted by Gasteiger charge is 2.17. The van der Waals surface area contributed by atoms with E-state index in [9.17, 15) is 0 Å². The van der Waals surface area contributed by atoms with Crippen molar-refractivity contribution in [1.29, 1.82) is 0 Å². The van der Waals surface area contributed by atoms with Crippen LogP contribution in [-0.4, -0.2) is 11.0 Å². The Balaban J connectivity index is 1.64. The van der Waals surface area contributed by atoms with Gasteiger partial charge in [0.05, 0.1) is 0 Å². The topological polar surface area (TPSA) is 38.1 Å². The van der Waals surface area contributed by atoms with Gasteiger partial charge in [-0.05, 0) is 43.7 Å². The maximum Gasteiger partial charge on any atom is 0.191 e. The van der Waals surface area contributed by atoms with Gasteiger partial charge in [-0.25, -0.2) is 4.98 Å². The molecule has 0 unspecified atom stereocenters. The molecule has 2 aromatic rings. The molecule has 0 aliphatic heterocycles. The van der Waals surface area contributed by atoms with Crippen molar-refractivity contribution in [2.45, 2.75) is 45.6 Å². The molecule has 1 fully saturated rings. The number of aromatic nitrogens is 1. The molecule has 1 aromatic carbocycles. The zero-order valence-corrected chi connectivity index (χ0v) is 12.2. The summed E-state index contributed by atoms with van der Waals surface area (Å²) in [5.74, 6) is 1.60. The van der Waals surface area contributed by atoms with Gasteiger partial charge in [0.2, 0.25) is 0 Å². The number of nitrogens with one attached hydrogen (secondary N) is 1. The standard InChI is InChI=1S/C17H22N2O/c1-12-3-7-15(8-4-12)19-16-9-5-14(6-10-16)17-11-20-13(2)18-17/h5-6,9-12,15,19H,3-4,7-8H2,1-2H3. The Morgan fingerprint density at radius 3 is 2.40 bits per heavy atom. The van der Waals surface area contributed by atoms with Gasteiger partial charge in [0.1, 0.15) is 12.0 Å². The third-order valence-electron chi connectivity index (χ3n) is 4.19. The third kappa shape index (κ3) is 3.03. The fraction of sp³-hybridized carbons (Fsp3) is 0.471. The monoisotopic (exact) mass is 270 g/mol. The Labute approximate surface area is 120 Å². The minimum absolute atomic E-state index is 0.631. The largest absolute Gasteiger partial charge is 0.449 e. The van der Waals surface area contributed by atoms with Gasteiger partial charge in [0.15, 0.2) is 5.89 Å². The lowest BCUT2D eigenvalue weighted by molar-refractivity contribution is 0.361. The van der Waals surface area contributed by atoms with Crippen molar-refractivity contribution >= 4 is 5.69 Å². The molecule has 106 valence electrons. The Kier molecular flexibility index (Phi) is 3.77. The Morgan fingerprint density at radius 1 is 1.10 bits per heavy atom. The van der Waals surface area contributed by atoms with Crippen molar-refractivity contribution < 1.29 is 4.42 Å². The van der Waals surface area contributed by atoms with E-state index in [1.54, 1.807) is 6.26 Å². The van der Waals surface area contributed by atoms with Gasteiger partial charge in [-0.3, -0.25) is 0 Å². The van der Waals surface area contributed by atoms with Gasteiger partial charge < -0.3 is 9.73 Å². The summed E-state index contributed by atoms with van der Waals surface area (Å²) in [6.07, 6.45) is 6.96. The van der Waals surface area contributed by atoms with E-state index in [-0.39, 0.29) is 0 Å². The zero-order chi connectivity index (χ0) is 13.9. The van der Waals surface area contributed by atoms with Crippen LogP contribution >= 0.6 is 0 Å². The van der Waals surface area contributed by atoms with Crippen LogP contribution < -0.4 is 5.32 Å². The molecule has 1 saturated carbocycles. The molecular formula is C17H22N2O. The van der Waals surface area contributed by atoms with E-state index in [4.69, 9.17) is 4.42 Å². The van der Waals surface area contributed by atoms with Gasteiger partial charge in [0.25, 0.3) is 0 Å². The molecule has 3 nitrogen and oxygen atoms in total. The van der Waals surface area contributed by atoms with E-state index in [0.29, 0.717) is 11.9 Å². The van der Waals surface area contributed by atoms with Gasteiger partial charge in [-0.1, -0.05) is 19.1 Å². The minimum Gasteiger partial charge on any atom is -0.449 e. The zero-order valence-electron chi connectivity index (χ0n) is 12.2. The van der Waals surface area contributed by atoms with Crippen molar-refractivity contribution in [3.8, 4) is 11.3 Å². The molecule has 0 spiro atoms. The van der Waals surface area contributed by atoms with E-state index in [0.717, 1.165) is 17.2 Å². The number of nitrogens with zero attached hydrogens (tertiary/aromatic N) is 1. The van der Waals surface area contributed by atoms with E-state index in [1.807, 2.05) is 6.92 Å². The van der Waals surface area contributed by atoms with Crippen molar-refractivity contribution in [2.24, 2.45) is 5.92 Å². The summed E-state index contributed by atoms with van der Waals surface area (Å²) >= 11 is 0. The van der Waals surface area contributed by atoms with Crippen LogP contribution in [0.15, 0.2) is 34.9 Å². The maximum absolute atomic E-state index is 5.25. The Morgan fingerprint density at radius 2 is 1.80 bits per heavy atom. The molecule has 3 rings (SSSR count). The normalized spacial score (nSPS) is 22.7. The van der Waals surface area contributed by atoms with Crippen LogP contribution in [0, 0.1) is 12.8 Å². The first-order chi connectivity index (χ1) is 9.70. The second kappa shape index (κ2) is 5.70. The summed E-state index contributed by atoms with van der Waals surface area (Å²) < 4.78 is 5.25. The van der Waals surface area contributed by atoms with Crippen LogP contribution in [0.4, 0.5) is 5.69 Å². The third-order valence-corrected chi connectivity index (χ3v) is 4.19. The van der Waals surface area contributed by atoms with E-state index in [1.165, 1.54) is 31.4 Å². The van der Waals surface area contributed by atoms with Crippen molar-refractivity contribution in [3.63, 3.8) is 0 Å². The molecule has 1 heterocycles. The average molecular weight is 270 g/mol. The summed E-state index contributed by atoms with van der Waals surface area (Å²) in [6.45, 7) is 4.22. The fourth-order valence-electron chi connectivity index (χ4n) is 2.87. The van der Waals surface area contributed by atoms with Crippen molar-refractivity contribution in [3.05, 3.63) is 36.4 Å². The van der Waals surface area contributed by atoms with Gasteiger partial charge in [-0.2, -0.15) is 0 Å². The molecule has 1 aliphatic rings. The SMILES string of the molecule is Cc1nc(-c2ccc(NC3CCC(C)CC3)cc2)co1. The quantitative estimate of drug-likeness (QED) is 0.882. The van der Waals surface area contributed by atoms with Crippen LogP contribution in [0.5, 0.6) is 0 Å². The lowest BCUT2D eigenvalue weighted by atomic mass is 9.87. The van der Waals surface area contributed by atoms with Gasteiger partial charge in [0, 0.05) is 24.2 Å². The van der Waals surface area contributed by atoms with Crippen molar-refractivity contribution in [1.82, 2.24) is 4.98 Å². The fourth-order valence-corrected chi connectivity index (χ4v) is 2.87. The number of hydrogen-bond donors (Lipinski definition) is 1. The highest BCUT2D eigenvalue weighted by Crippen LogP contribution is 2.27. The minimum atomic E-state index is 0.631. The number of hydrogen-bond acceptors (Lipinski definition) is 3. The lowest BCUT2D eigenvalue weighted by Gasteiger charge is -2.27. The smallest absolute Gasteiger partial charge is 0.191 e. The van der Waals surface area contributed by atoms with E-state index < -0.39 is 0 Å². The molecule has 0 atom stereocenters. The number of aryl methyl sites for hydroxylation is 1. The molecule has 0 amide bonds. The molecule has 1 aromatic heterocycles. The first-order valence-electron chi connectivity index (χ1n) is 7.50. The van der Waals surface area contributed by atoms with Crippen LogP contribution in [0.1, 0.15) is 38.5 Å². The van der Waals surface area contributed by atoms with Crippen molar-refractivity contribution in [2.75, 3.05) is 5.32 Å². The van der Waals surface area contributed by atoms with Crippen LogP contribution in [-0.2, 0) is 0 Å². The van der Waals surface area contributed by atoms with E-state index >= 15 is 0 Å². The molecule has 1 N–H and O–H groups in total. The van der Waals surface area contributed by atoms with Crippen LogP contribution in [0.3, 0.4) is 0 Å². The summed E-state index contributed by atoms with van der Waals surface area (Å²) in [4.78, 5) is 4.35. The first kappa shape index (κ1) is 13.2. The molecule has 3 heteroatoms. The summed E-state index contributed by atoms with van der Waals surface area (Å²) in [5, 5.41) is 3.64. The highest BCUT2D eigenvalue weighted by molar-refractivity contribution is 5.61. The predicted molar refractivity (Wildman–Crippen MR) is 81.7 cm³/mol. The number of benzene rings is 1. The summed E-state index contributed by atoms with van der Waals surface area (Å²) in [7, 11) is 0. The lowest BCUT2D eigenvalue weighted by Crippen LogP contribution is -2.25. The van der Waals surface area contributed by atoms with Crippen LogP contribution in [0.25, 0.3) is 11.3 Å². The molecule has 20 heavy (non-hydrogen) atoms. The Bertz CT molecular complexity index is 551.